The van der Waals surface area contributed by atoms with E-state index in [1.165, 1.54) is 26.4 Å². The lowest BCUT2D eigenvalue weighted by atomic mass is 10.1. The summed E-state index contributed by atoms with van der Waals surface area (Å²) in [5.74, 6) is -0.651. The van der Waals surface area contributed by atoms with E-state index in [0.29, 0.717) is 12.3 Å². The summed E-state index contributed by atoms with van der Waals surface area (Å²) in [5, 5.41) is 12.0. The van der Waals surface area contributed by atoms with Crippen LogP contribution in [0, 0.1) is 0 Å². The van der Waals surface area contributed by atoms with Gasteiger partial charge in [-0.3, -0.25) is 4.79 Å². The highest BCUT2D eigenvalue weighted by Gasteiger charge is 2.29. The molecule has 0 unspecified atom stereocenters. The van der Waals surface area contributed by atoms with Crippen molar-refractivity contribution in [2.45, 2.75) is 71.0 Å². The number of carbonyl (C=O) groups is 2. The van der Waals surface area contributed by atoms with Crippen molar-refractivity contribution in [2.75, 3.05) is 13.7 Å². The molecule has 0 aliphatic heterocycles. The number of nitrogens with one attached hydrogen (secondary N) is 1. The van der Waals surface area contributed by atoms with E-state index in [4.69, 9.17) is 14.6 Å². The van der Waals surface area contributed by atoms with E-state index in [-0.39, 0.29) is 12.3 Å². The predicted octanol–water partition coefficient (Wildman–Crippen LogP) is 3.57. The van der Waals surface area contributed by atoms with E-state index in [9.17, 15) is 9.59 Å². The number of amides is 1. The average molecular weight is 379 g/mol. The second-order valence-corrected chi connectivity index (χ2v) is 7.20. The van der Waals surface area contributed by atoms with E-state index < -0.39 is 17.7 Å². The maximum atomic E-state index is 12.4. The smallest absolute Gasteiger partial charge is 0.333 e. The first kappa shape index (κ1) is 23.0. The van der Waals surface area contributed by atoms with Crippen molar-refractivity contribution in [3.63, 3.8) is 0 Å². The van der Waals surface area contributed by atoms with Gasteiger partial charge in [0.1, 0.15) is 5.75 Å². The molecule has 152 valence electrons. The Hall–Kier alpha value is -2.08. The number of rotatable bonds is 13. The first-order valence-electron chi connectivity index (χ1n) is 9.62. The quantitative estimate of drug-likeness (QED) is 0.512. The molecular formula is C21H33NO5. The maximum absolute atomic E-state index is 12.4. The highest BCUT2D eigenvalue weighted by molar-refractivity contribution is 5.84. The Labute approximate surface area is 162 Å². The molecule has 0 bridgehead atoms. The number of ether oxygens (including phenoxy) is 2. The van der Waals surface area contributed by atoms with Crippen LogP contribution in [-0.4, -0.2) is 42.3 Å². The van der Waals surface area contributed by atoms with Crippen molar-refractivity contribution < 1.29 is 24.2 Å². The molecule has 1 rings (SSSR count). The molecule has 6 heteroatoms. The molecule has 0 spiro atoms. The fourth-order valence-corrected chi connectivity index (χ4v) is 2.71. The zero-order valence-corrected chi connectivity index (χ0v) is 16.9. The Bertz CT molecular complexity index is 600. The lowest BCUT2D eigenvalue weighted by Crippen LogP contribution is -2.46. The van der Waals surface area contributed by atoms with Gasteiger partial charge in [-0.25, -0.2) is 4.79 Å². The number of hydrogen-bond donors (Lipinski definition) is 2. The average Bonchev–Trinajstić information content (AvgIpc) is 2.62. The summed E-state index contributed by atoms with van der Waals surface area (Å²) in [5.41, 5.74) is -0.246. The number of carboxylic acid groups (broad SMARTS) is 1. The van der Waals surface area contributed by atoms with Gasteiger partial charge in [0.05, 0.1) is 0 Å². The molecule has 6 nitrogen and oxygen atoms in total. The minimum Gasteiger partial charge on any atom is -0.479 e. The van der Waals surface area contributed by atoms with Crippen LogP contribution in [0.25, 0.3) is 0 Å². The second kappa shape index (κ2) is 11.6. The lowest BCUT2D eigenvalue weighted by Gasteiger charge is -2.25. The topological polar surface area (TPSA) is 84.9 Å². The Morgan fingerprint density at radius 2 is 1.89 bits per heavy atom. The Kier molecular flexibility index (Phi) is 9.86. The molecule has 1 aromatic carbocycles. The maximum Gasteiger partial charge on any atom is 0.333 e. The van der Waals surface area contributed by atoms with E-state index in [1.807, 2.05) is 6.07 Å². The number of methoxy groups -OCH3 is 1. The molecule has 0 heterocycles. The fraction of sp³-hybridized carbons (Fsp3) is 0.619. The largest absolute Gasteiger partial charge is 0.479 e. The highest BCUT2D eigenvalue weighted by atomic mass is 16.5. The molecule has 0 saturated heterocycles. The van der Waals surface area contributed by atoms with Crippen LogP contribution in [0.3, 0.4) is 0 Å². The third kappa shape index (κ3) is 8.43. The first-order chi connectivity index (χ1) is 12.8. The van der Waals surface area contributed by atoms with Gasteiger partial charge >= 0.3 is 5.97 Å². The minimum atomic E-state index is -1.02. The SMILES string of the molecule is CCCCCCCNC(=O)C(C)(C)Oc1cccc(C[C@H](OC)C(=O)O)c1. The van der Waals surface area contributed by atoms with Gasteiger partial charge in [0.25, 0.3) is 5.91 Å². The van der Waals surface area contributed by atoms with Gasteiger partial charge in [-0.15, -0.1) is 0 Å². The van der Waals surface area contributed by atoms with Crippen LogP contribution in [0.15, 0.2) is 24.3 Å². The monoisotopic (exact) mass is 379 g/mol. The third-order valence-electron chi connectivity index (χ3n) is 4.37. The third-order valence-corrected chi connectivity index (χ3v) is 4.37. The van der Waals surface area contributed by atoms with Crippen molar-refractivity contribution in [1.82, 2.24) is 5.32 Å². The first-order valence-corrected chi connectivity index (χ1v) is 9.62. The van der Waals surface area contributed by atoms with E-state index in [2.05, 4.69) is 12.2 Å². The van der Waals surface area contributed by atoms with Crippen molar-refractivity contribution in [2.24, 2.45) is 0 Å². The molecule has 0 saturated carbocycles. The number of carbonyl (C=O) groups excluding carboxylic acids is 1. The van der Waals surface area contributed by atoms with Crippen LogP contribution < -0.4 is 10.1 Å². The van der Waals surface area contributed by atoms with E-state index >= 15 is 0 Å². The summed E-state index contributed by atoms with van der Waals surface area (Å²) < 4.78 is 10.8. The van der Waals surface area contributed by atoms with Gasteiger partial charge in [-0.1, -0.05) is 44.7 Å². The van der Waals surface area contributed by atoms with Gasteiger partial charge in [0.2, 0.25) is 0 Å². The number of hydrogen-bond acceptors (Lipinski definition) is 4. The molecule has 1 aromatic rings. The predicted molar refractivity (Wildman–Crippen MR) is 105 cm³/mol. The van der Waals surface area contributed by atoms with Crippen LogP contribution in [0.5, 0.6) is 5.75 Å². The van der Waals surface area contributed by atoms with Gasteiger partial charge in [-0.05, 0) is 38.0 Å². The van der Waals surface area contributed by atoms with Crippen LogP contribution >= 0.6 is 0 Å². The molecule has 0 fully saturated rings. The van der Waals surface area contributed by atoms with Crippen molar-refractivity contribution >= 4 is 11.9 Å². The minimum absolute atomic E-state index is 0.163. The van der Waals surface area contributed by atoms with Crippen molar-refractivity contribution in [3.8, 4) is 5.75 Å². The molecule has 0 aromatic heterocycles. The molecule has 1 atom stereocenters. The zero-order chi connectivity index (χ0) is 20.3. The zero-order valence-electron chi connectivity index (χ0n) is 16.9. The van der Waals surface area contributed by atoms with E-state index in [1.54, 1.807) is 32.0 Å². The number of benzene rings is 1. The van der Waals surface area contributed by atoms with Gasteiger partial charge in [0, 0.05) is 20.1 Å². The molecule has 1 amide bonds. The molecule has 0 aliphatic rings. The van der Waals surface area contributed by atoms with Crippen molar-refractivity contribution in [3.05, 3.63) is 29.8 Å². The number of carboxylic acids is 1. The summed E-state index contributed by atoms with van der Waals surface area (Å²) in [6.07, 6.45) is 5.01. The molecule has 2 N–H and O–H groups in total. The second-order valence-electron chi connectivity index (χ2n) is 7.20. The Balaban J connectivity index is 2.58. The van der Waals surface area contributed by atoms with Crippen molar-refractivity contribution in [1.29, 1.82) is 0 Å². The Morgan fingerprint density at radius 1 is 1.19 bits per heavy atom. The van der Waals surface area contributed by atoms with E-state index in [0.717, 1.165) is 18.4 Å². The molecule has 27 heavy (non-hydrogen) atoms. The molecular weight excluding hydrogens is 346 g/mol. The fourth-order valence-electron chi connectivity index (χ4n) is 2.71. The summed E-state index contributed by atoms with van der Waals surface area (Å²) in [6, 6.07) is 7.09. The highest BCUT2D eigenvalue weighted by Crippen LogP contribution is 2.21. The molecule has 0 aliphatic carbocycles. The van der Waals surface area contributed by atoms with Crippen LogP contribution in [-0.2, 0) is 20.7 Å². The summed E-state index contributed by atoms with van der Waals surface area (Å²) >= 11 is 0. The van der Waals surface area contributed by atoms with Crippen LogP contribution in [0.4, 0.5) is 0 Å². The van der Waals surface area contributed by atoms with Crippen LogP contribution in [0.1, 0.15) is 58.4 Å². The molecule has 0 radical (unpaired) electrons. The van der Waals surface area contributed by atoms with Crippen LogP contribution in [0.2, 0.25) is 0 Å². The number of aliphatic carboxylic acids is 1. The Morgan fingerprint density at radius 3 is 2.52 bits per heavy atom. The summed E-state index contributed by atoms with van der Waals surface area (Å²) in [7, 11) is 1.37. The standard InChI is InChI=1S/C21H33NO5/c1-5-6-7-8-9-13-22-20(25)21(2,3)27-17-12-10-11-16(14-17)15-18(26-4)19(23)24/h10-12,14,18H,5-9,13,15H2,1-4H3,(H,22,25)(H,23,24)/t18-/m0/s1. The normalized spacial score (nSPS) is 12.4. The lowest BCUT2D eigenvalue weighted by molar-refractivity contribution is -0.148. The summed E-state index contributed by atoms with van der Waals surface area (Å²) in [6.45, 7) is 6.26. The van der Waals surface area contributed by atoms with Gasteiger partial charge in [0.15, 0.2) is 11.7 Å². The van der Waals surface area contributed by atoms with Gasteiger partial charge in [-0.2, -0.15) is 0 Å². The summed E-state index contributed by atoms with van der Waals surface area (Å²) in [4.78, 5) is 23.5. The number of unbranched alkanes of at least 4 members (excludes halogenated alkanes) is 4. The van der Waals surface area contributed by atoms with Gasteiger partial charge < -0.3 is 19.9 Å².